The fraction of sp³-hybridized carbons (Fsp3) is 0.588. The minimum atomic E-state index is -4.76. The monoisotopic (exact) mass is 362 g/mol. The molecule has 1 aromatic rings. The van der Waals surface area contributed by atoms with Gasteiger partial charge in [-0.25, -0.2) is 9.18 Å². The normalized spacial score (nSPS) is 22.0. The average molecular weight is 362 g/mol. The zero-order valence-corrected chi connectivity index (χ0v) is 14.4. The van der Waals surface area contributed by atoms with Gasteiger partial charge in [-0.3, -0.25) is 0 Å². The lowest BCUT2D eigenvalue weighted by molar-refractivity contribution is -0.140. The second kappa shape index (κ2) is 6.82. The third-order valence-electron chi connectivity index (χ3n) is 4.03. The molecule has 0 saturated carbocycles. The molecule has 0 unspecified atom stereocenters. The van der Waals surface area contributed by atoms with E-state index in [1.165, 1.54) is 11.0 Å². The van der Waals surface area contributed by atoms with Crippen LogP contribution < -0.4 is 5.73 Å². The molecule has 1 aliphatic rings. The molecule has 0 bridgehead atoms. The zero-order chi connectivity index (χ0) is 19.0. The summed E-state index contributed by atoms with van der Waals surface area (Å²) in [5.41, 5.74) is 4.46. The summed E-state index contributed by atoms with van der Waals surface area (Å²) in [6.07, 6.45) is -4.89. The molecule has 0 aromatic heterocycles. The topological polar surface area (TPSA) is 55.6 Å². The Balaban J connectivity index is 2.13. The summed E-state index contributed by atoms with van der Waals surface area (Å²) in [6.45, 7) is 5.71. The van der Waals surface area contributed by atoms with Crippen molar-refractivity contribution in [1.82, 2.24) is 4.90 Å². The number of benzene rings is 1. The van der Waals surface area contributed by atoms with E-state index in [-0.39, 0.29) is 12.5 Å². The molecule has 0 spiro atoms. The van der Waals surface area contributed by atoms with Gasteiger partial charge in [0.15, 0.2) is 0 Å². The summed E-state index contributed by atoms with van der Waals surface area (Å²) in [5, 5.41) is 0. The van der Waals surface area contributed by atoms with Crippen molar-refractivity contribution in [1.29, 1.82) is 0 Å². The number of alkyl halides is 3. The average Bonchev–Trinajstić information content (AvgIpc) is 2.45. The Morgan fingerprint density at radius 1 is 1.28 bits per heavy atom. The standard InChI is InChI=1S/C17H22F4N2O2/c1-16(2,3)25-15(24)23-7-6-11(14(22)9-23)10-4-5-13(18)12(8-10)17(19,20)21/h4-5,8,11,14H,6-7,9,22H2,1-3H3/t11-,14-/m0/s1. The van der Waals surface area contributed by atoms with E-state index in [1.807, 2.05) is 0 Å². The molecule has 140 valence electrons. The number of amides is 1. The third-order valence-corrected chi connectivity index (χ3v) is 4.03. The summed E-state index contributed by atoms with van der Waals surface area (Å²) in [4.78, 5) is 13.5. The van der Waals surface area contributed by atoms with Crippen LogP contribution in [0.1, 0.15) is 44.2 Å². The Kier molecular flexibility index (Phi) is 5.32. The number of hydrogen-bond acceptors (Lipinski definition) is 3. The Morgan fingerprint density at radius 3 is 2.44 bits per heavy atom. The van der Waals surface area contributed by atoms with E-state index in [0.717, 1.165) is 12.1 Å². The van der Waals surface area contributed by atoms with Crippen molar-refractivity contribution in [3.05, 3.63) is 35.1 Å². The zero-order valence-electron chi connectivity index (χ0n) is 14.4. The molecule has 1 aliphatic heterocycles. The lowest BCUT2D eigenvalue weighted by Crippen LogP contribution is -2.50. The summed E-state index contributed by atoms with van der Waals surface area (Å²) in [7, 11) is 0. The largest absolute Gasteiger partial charge is 0.444 e. The maximum Gasteiger partial charge on any atom is 0.419 e. The second-order valence-electron chi connectivity index (χ2n) is 7.22. The molecule has 1 saturated heterocycles. The van der Waals surface area contributed by atoms with Gasteiger partial charge in [-0.2, -0.15) is 13.2 Å². The van der Waals surface area contributed by atoms with Gasteiger partial charge in [0.2, 0.25) is 0 Å². The van der Waals surface area contributed by atoms with Gasteiger partial charge in [0, 0.05) is 25.0 Å². The summed E-state index contributed by atoms with van der Waals surface area (Å²) >= 11 is 0. The number of nitrogens with two attached hydrogens (primary N) is 1. The van der Waals surface area contributed by atoms with Crippen molar-refractivity contribution >= 4 is 6.09 Å². The lowest BCUT2D eigenvalue weighted by Gasteiger charge is -2.37. The van der Waals surface area contributed by atoms with Gasteiger partial charge in [-0.05, 0) is 44.9 Å². The lowest BCUT2D eigenvalue weighted by atomic mass is 9.85. The van der Waals surface area contributed by atoms with Gasteiger partial charge in [0.05, 0.1) is 5.56 Å². The number of halogens is 4. The summed E-state index contributed by atoms with van der Waals surface area (Å²) < 4.78 is 57.3. The first-order valence-corrected chi connectivity index (χ1v) is 7.98. The van der Waals surface area contributed by atoms with Crippen LogP contribution in [-0.2, 0) is 10.9 Å². The first kappa shape index (κ1) is 19.5. The molecule has 2 atom stereocenters. The van der Waals surface area contributed by atoms with Crippen molar-refractivity contribution in [2.45, 2.75) is 50.9 Å². The molecular weight excluding hydrogens is 340 g/mol. The Hall–Kier alpha value is -1.83. The molecule has 1 aromatic carbocycles. The Morgan fingerprint density at radius 2 is 1.92 bits per heavy atom. The van der Waals surface area contributed by atoms with Crippen LogP contribution in [-0.4, -0.2) is 35.7 Å². The number of likely N-dealkylation sites (tertiary alicyclic amines) is 1. The second-order valence-corrected chi connectivity index (χ2v) is 7.22. The van der Waals surface area contributed by atoms with Crippen LogP contribution in [0.4, 0.5) is 22.4 Å². The van der Waals surface area contributed by atoms with Gasteiger partial charge in [0.25, 0.3) is 0 Å². The van der Waals surface area contributed by atoms with Crippen molar-refractivity contribution in [3.8, 4) is 0 Å². The summed E-state index contributed by atoms with van der Waals surface area (Å²) in [6, 6.07) is 2.37. The fourth-order valence-electron chi connectivity index (χ4n) is 2.88. The minimum absolute atomic E-state index is 0.165. The molecule has 0 aliphatic carbocycles. The van der Waals surface area contributed by atoms with E-state index in [2.05, 4.69) is 0 Å². The van der Waals surface area contributed by atoms with Crippen LogP contribution in [0.2, 0.25) is 0 Å². The Bertz CT molecular complexity index is 641. The maximum atomic E-state index is 13.4. The number of carbonyl (C=O) groups is 1. The highest BCUT2D eigenvalue weighted by atomic mass is 19.4. The molecule has 0 radical (unpaired) electrons. The first-order valence-electron chi connectivity index (χ1n) is 7.98. The molecule has 2 rings (SSSR count). The van der Waals surface area contributed by atoms with Crippen molar-refractivity contribution in [2.24, 2.45) is 5.73 Å². The molecule has 1 fully saturated rings. The highest BCUT2D eigenvalue weighted by Gasteiger charge is 2.37. The van der Waals surface area contributed by atoms with E-state index in [0.29, 0.717) is 18.5 Å². The quantitative estimate of drug-likeness (QED) is 0.771. The minimum Gasteiger partial charge on any atom is -0.444 e. The van der Waals surface area contributed by atoms with Crippen LogP contribution in [0.5, 0.6) is 0 Å². The number of ether oxygens (including phenoxy) is 1. The molecule has 1 amide bonds. The van der Waals surface area contributed by atoms with Crippen molar-refractivity contribution < 1.29 is 27.1 Å². The van der Waals surface area contributed by atoms with Gasteiger partial charge in [0.1, 0.15) is 11.4 Å². The highest BCUT2D eigenvalue weighted by molar-refractivity contribution is 5.68. The van der Waals surface area contributed by atoms with E-state index in [4.69, 9.17) is 10.5 Å². The number of carbonyl (C=O) groups excluding carboxylic acids is 1. The van der Waals surface area contributed by atoms with Crippen LogP contribution >= 0.6 is 0 Å². The Labute approximate surface area is 143 Å². The van der Waals surface area contributed by atoms with Crippen LogP contribution in [0.15, 0.2) is 18.2 Å². The smallest absolute Gasteiger partial charge is 0.419 e. The molecule has 8 heteroatoms. The first-order chi connectivity index (χ1) is 11.4. The molecular formula is C17H22F4N2O2. The number of nitrogens with zero attached hydrogens (tertiary/aromatic N) is 1. The van der Waals surface area contributed by atoms with Gasteiger partial charge in [-0.15, -0.1) is 0 Å². The number of hydrogen-bond donors (Lipinski definition) is 1. The maximum absolute atomic E-state index is 13.4. The van der Waals surface area contributed by atoms with Gasteiger partial charge in [-0.1, -0.05) is 6.07 Å². The van der Waals surface area contributed by atoms with Gasteiger partial charge < -0.3 is 15.4 Å². The van der Waals surface area contributed by atoms with Gasteiger partial charge >= 0.3 is 12.3 Å². The molecule has 4 nitrogen and oxygen atoms in total. The van der Waals surface area contributed by atoms with E-state index in [1.54, 1.807) is 20.8 Å². The number of piperidine rings is 1. The fourth-order valence-corrected chi connectivity index (χ4v) is 2.88. The van der Waals surface area contributed by atoms with Crippen LogP contribution in [0, 0.1) is 5.82 Å². The molecule has 25 heavy (non-hydrogen) atoms. The number of rotatable bonds is 1. The predicted molar refractivity (Wildman–Crippen MR) is 84.5 cm³/mol. The van der Waals surface area contributed by atoms with E-state index in [9.17, 15) is 22.4 Å². The van der Waals surface area contributed by atoms with Crippen molar-refractivity contribution in [2.75, 3.05) is 13.1 Å². The summed E-state index contributed by atoms with van der Waals surface area (Å²) in [5.74, 6) is -1.70. The van der Waals surface area contributed by atoms with Crippen LogP contribution in [0.25, 0.3) is 0 Å². The molecule has 2 N–H and O–H groups in total. The highest BCUT2D eigenvalue weighted by Crippen LogP contribution is 2.35. The molecule has 1 heterocycles. The van der Waals surface area contributed by atoms with Crippen molar-refractivity contribution in [3.63, 3.8) is 0 Å². The van der Waals surface area contributed by atoms with Crippen LogP contribution in [0.3, 0.4) is 0 Å². The van der Waals surface area contributed by atoms with E-state index < -0.39 is 35.3 Å². The predicted octanol–water partition coefficient (Wildman–Crippen LogP) is 3.90. The van der Waals surface area contributed by atoms with E-state index >= 15 is 0 Å². The SMILES string of the molecule is CC(C)(C)OC(=O)N1CC[C@@H](c2ccc(F)c(C(F)(F)F)c2)[C@@H](N)C1. The third kappa shape index (κ3) is 4.84.